The number of urea groups is 1. The Morgan fingerprint density at radius 3 is 2.40 bits per heavy atom. The molecule has 0 spiro atoms. The van der Waals surface area contributed by atoms with E-state index >= 15 is 0 Å². The van der Waals surface area contributed by atoms with Gasteiger partial charge in [-0.25, -0.2) is 4.79 Å². The molecule has 0 saturated heterocycles. The number of hydrogen-bond acceptors (Lipinski definition) is 2. The molecule has 1 rings (SSSR count). The quantitative estimate of drug-likeness (QED) is 0.718. The molecular weight excluding hydrogens is 252 g/mol. The lowest BCUT2D eigenvalue weighted by Crippen LogP contribution is -2.41. The monoisotopic (exact) mass is 278 g/mol. The highest BCUT2D eigenvalue weighted by molar-refractivity contribution is 5.74. The number of hydrogen-bond donors (Lipinski definition) is 3. The minimum absolute atomic E-state index is 0.0937. The maximum Gasteiger partial charge on any atom is 0.314 e. The number of carbonyl (C=O) groups excluding carboxylic acids is 1. The van der Waals surface area contributed by atoms with Crippen LogP contribution < -0.4 is 10.6 Å². The van der Waals surface area contributed by atoms with Crippen molar-refractivity contribution in [2.45, 2.75) is 46.1 Å². The van der Waals surface area contributed by atoms with Gasteiger partial charge in [0.05, 0.1) is 0 Å². The maximum atomic E-state index is 11.6. The van der Waals surface area contributed by atoms with Gasteiger partial charge in [-0.2, -0.15) is 0 Å². The van der Waals surface area contributed by atoms with Crippen LogP contribution in [0.4, 0.5) is 4.79 Å². The third-order valence-corrected chi connectivity index (χ3v) is 3.19. The van der Waals surface area contributed by atoms with E-state index in [1.54, 1.807) is 12.1 Å². The van der Waals surface area contributed by atoms with Crippen molar-refractivity contribution in [2.24, 2.45) is 5.92 Å². The fraction of sp³-hybridized carbons (Fsp3) is 0.562. The molecule has 20 heavy (non-hydrogen) atoms. The smallest absolute Gasteiger partial charge is 0.314 e. The zero-order chi connectivity index (χ0) is 15.0. The molecule has 4 heteroatoms. The summed E-state index contributed by atoms with van der Waals surface area (Å²) in [5.41, 5.74) is 1.16. The van der Waals surface area contributed by atoms with Gasteiger partial charge < -0.3 is 15.7 Å². The zero-order valence-electron chi connectivity index (χ0n) is 12.6. The topological polar surface area (TPSA) is 61.4 Å². The second kappa shape index (κ2) is 8.46. The SMILES string of the molecule is CC(C)CCNC(=O)NC(C)CCc1ccc(O)cc1. The molecule has 0 saturated carbocycles. The fourth-order valence-corrected chi connectivity index (χ4v) is 1.87. The summed E-state index contributed by atoms with van der Waals surface area (Å²) in [5.74, 6) is 0.881. The first-order valence-electron chi connectivity index (χ1n) is 7.29. The van der Waals surface area contributed by atoms with Gasteiger partial charge in [-0.1, -0.05) is 26.0 Å². The van der Waals surface area contributed by atoms with Crippen molar-refractivity contribution in [1.82, 2.24) is 10.6 Å². The van der Waals surface area contributed by atoms with E-state index in [2.05, 4.69) is 24.5 Å². The first-order chi connectivity index (χ1) is 9.47. The highest BCUT2D eigenvalue weighted by atomic mass is 16.3. The van der Waals surface area contributed by atoms with Gasteiger partial charge in [-0.15, -0.1) is 0 Å². The maximum absolute atomic E-state index is 11.6. The number of rotatable bonds is 7. The molecule has 0 radical (unpaired) electrons. The van der Waals surface area contributed by atoms with Crippen LogP contribution in [-0.4, -0.2) is 23.7 Å². The van der Waals surface area contributed by atoms with E-state index in [1.165, 1.54) is 0 Å². The van der Waals surface area contributed by atoms with Gasteiger partial charge in [0.15, 0.2) is 0 Å². The number of carbonyl (C=O) groups is 1. The first kappa shape index (κ1) is 16.3. The highest BCUT2D eigenvalue weighted by Gasteiger charge is 2.07. The van der Waals surface area contributed by atoms with Gasteiger partial charge >= 0.3 is 6.03 Å². The van der Waals surface area contributed by atoms with Crippen molar-refractivity contribution in [1.29, 1.82) is 0 Å². The number of phenols is 1. The van der Waals surface area contributed by atoms with Crippen LogP contribution in [0.15, 0.2) is 24.3 Å². The summed E-state index contributed by atoms with van der Waals surface area (Å²) in [7, 11) is 0. The van der Waals surface area contributed by atoms with E-state index in [1.807, 2.05) is 19.1 Å². The van der Waals surface area contributed by atoms with Crippen molar-refractivity contribution in [3.63, 3.8) is 0 Å². The van der Waals surface area contributed by atoms with Crippen LogP contribution in [0.5, 0.6) is 5.75 Å². The molecule has 1 aromatic carbocycles. The summed E-state index contributed by atoms with van der Waals surface area (Å²) < 4.78 is 0. The van der Waals surface area contributed by atoms with Gasteiger partial charge in [0, 0.05) is 12.6 Å². The second-order valence-corrected chi connectivity index (χ2v) is 5.69. The molecule has 0 bridgehead atoms. The third kappa shape index (κ3) is 7.02. The predicted molar refractivity (Wildman–Crippen MR) is 81.9 cm³/mol. The molecule has 1 aromatic rings. The second-order valence-electron chi connectivity index (χ2n) is 5.69. The van der Waals surface area contributed by atoms with Crippen LogP contribution in [0.2, 0.25) is 0 Å². The van der Waals surface area contributed by atoms with Gasteiger partial charge in [-0.3, -0.25) is 0 Å². The van der Waals surface area contributed by atoms with Crippen LogP contribution in [0.3, 0.4) is 0 Å². The van der Waals surface area contributed by atoms with Crippen LogP contribution >= 0.6 is 0 Å². The van der Waals surface area contributed by atoms with E-state index < -0.39 is 0 Å². The molecular formula is C16H26N2O2. The minimum atomic E-state index is -0.0937. The van der Waals surface area contributed by atoms with Crippen molar-refractivity contribution < 1.29 is 9.90 Å². The zero-order valence-corrected chi connectivity index (χ0v) is 12.6. The number of aryl methyl sites for hydroxylation is 1. The Bertz CT molecular complexity index is 401. The molecule has 0 aliphatic heterocycles. The number of phenolic OH excluding ortho intramolecular Hbond substituents is 1. The van der Waals surface area contributed by atoms with E-state index in [0.717, 1.165) is 24.8 Å². The predicted octanol–water partition coefficient (Wildman–Crippen LogP) is 3.06. The van der Waals surface area contributed by atoms with Crippen LogP contribution in [-0.2, 0) is 6.42 Å². The molecule has 2 amide bonds. The molecule has 112 valence electrons. The average molecular weight is 278 g/mol. The van der Waals surface area contributed by atoms with Gasteiger partial charge in [0.1, 0.15) is 5.75 Å². The Balaban J connectivity index is 2.20. The van der Waals surface area contributed by atoms with Crippen molar-refractivity contribution in [2.75, 3.05) is 6.54 Å². The normalized spacial score (nSPS) is 12.2. The lowest BCUT2D eigenvalue weighted by Gasteiger charge is -2.15. The summed E-state index contributed by atoms with van der Waals surface area (Å²) in [4.78, 5) is 11.6. The molecule has 0 fully saturated rings. The molecule has 0 heterocycles. The highest BCUT2D eigenvalue weighted by Crippen LogP contribution is 2.11. The summed E-state index contributed by atoms with van der Waals surface area (Å²) >= 11 is 0. The number of benzene rings is 1. The Morgan fingerprint density at radius 1 is 1.15 bits per heavy atom. The number of aromatic hydroxyl groups is 1. The molecule has 0 aromatic heterocycles. The molecule has 1 unspecified atom stereocenters. The molecule has 0 aliphatic carbocycles. The summed E-state index contributed by atoms with van der Waals surface area (Å²) in [6.07, 6.45) is 2.76. The molecule has 1 atom stereocenters. The van der Waals surface area contributed by atoms with Crippen molar-refractivity contribution >= 4 is 6.03 Å². The Kier molecular flexibility index (Phi) is 6.91. The van der Waals surface area contributed by atoms with E-state index in [4.69, 9.17) is 0 Å². The Hall–Kier alpha value is -1.71. The molecule has 0 aliphatic rings. The van der Waals surface area contributed by atoms with Gasteiger partial charge in [0.2, 0.25) is 0 Å². The third-order valence-electron chi connectivity index (χ3n) is 3.19. The van der Waals surface area contributed by atoms with Crippen LogP contribution in [0.25, 0.3) is 0 Å². The Morgan fingerprint density at radius 2 is 1.80 bits per heavy atom. The van der Waals surface area contributed by atoms with Gasteiger partial charge in [-0.05, 0) is 49.8 Å². The summed E-state index contributed by atoms with van der Waals surface area (Å²) in [5, 5.41) is 15.0. The largest absolute Gasteiger partial charge is 0.508 e. The van der Waals surface area contributed by atoms with E-state index in [9.17, 15) is 9.90 Å². The standard InChI is InChI=1S/C16H26N2O2/c1-12(2)10-11-17-16(20)18-13(3)4-5-14-6-8-15(19)9-7-14/h6-9,12-13,19H,4-5,10-11H2,1-3H3,(H2,17,18,20). The van der Waals surface area contributed by atoms with E-state index in [0.29, 0.717) is 12.5 Å². The molecule has 3 N–H and O–H groups in total. The average Bonchev–Trinajstić information content (AvgIpc) is 2.37. The fourth-order valence-electron chi connectivity index (χ4n) is 1.87. The number of nitrogens with one attached hydrogen (secondary N) is 2. The number of amides is 2. The lowest BCUT2D eigenvalue weighted by atomic mass is 10.1. The van der Waals surface area contributed by atoms with E-state index in [-0.39, 0.29) is 17.8 Å². The summed E-state index contributed by atoms with van der Waals surface area (Å²) in [6.45, 7) is 7.00. The Labute approximate surface area is 121 Å². The summed E-state index contributed by atoms with van der Waals surface area (Å²) in [6, 6.07) is 7.22. The van der Waals surface area contributed by atoms with Crippen LogP contribution in [0, 0.1) is 5.92 Å². The van der Waals surface area contributed by atoms with Crippen molar-refractivity contribution in [3.8, 4) is 5.75 Å². The van der Waals surface area contributed by atoms with Crippen LogP contribution in [0.1, 0.15) is 39.2 Å². The minimum Gasteiger partial charge on any atom is -0.508 e. The van der Waals surface area contributed by atoms with Crippen molar-refractivity contribution in [3.05, 3.63) is 29.8 Å². The van der Waals surface area contributed by atoms with Gasteiger partial charge in [0.25, 0.3) is 0 Å². The molecule has 4 nitrogen and oxygen atoms in total. The lowest BCUT2D eigenvalue weighted by molar-refractivity contribution is 0.236. The first-order valence-corrected chi connectivity index (χ1v) is 7.29.